The minimum Gasteiger partial charge on any atom is -0.449 e. The second-order valence-electron chi connectivity index (χ2n) is 8.81. The fourth-order valence-electron chi connectivity index (χ4n) is 3.04. The minimum atomic E-state index is -3.80. The van der Waals surface area contributed by atoms with Crippen LogP contribution in [-0.4, -0.2) is 48.9 Å². The van der Waals surface area contributed by atoms with Crippen LogP contribution in [0.5, 0.6) is 0 Å². The highest BCUT2D eigenvalue weighted by atomic mass is 32.2. The van der Waals surface area contributed by atoms with Crippen LogP contribution in [0.15, 0.2) is 23.1 Å². The van der Waals surface area contributed by atoms with Crippen LogP contribution in [-0.2, 0) is 19.6 Å². The maximum absolute atomic E-state index is 12.7. The van der Waals surface area contributed by atoms with Crippen LogP contribution in [0, 0.1) is 6.92 Å². The second-order valence-corrected chi connectivity index (χ2v) is 10.5. The van der Waals surface area contributed by atoms with E-state index in [9.17, 15) is 18.0 Å². The molecule has 0 saturated carbocycles. The molecule has 164 valence electrons. The molecule has 0 aromatic heterocycles. The van der Waals surface area contributed by atoms with Gasteiger partial charge in [-0.15, -0.1) is 0 Å². The van der Waals surface area contributed by atoms with Crippen LogP contribution in [0.2, 0.25) is 0 Å². The Balaban J connectivity index is 3.13. The van der Waals surface area contributed by atoms with E-state index < -0.39 is 27.6 Å². The van der Waals surface area contributed by atoms with E-state index in [1.54, 1.807) is 38.7 Å². The molecule has 0 saturated heterocycles. The zero-order valence-corrected chi connectivity index (χ0v) is 19.7. The smallest absolute Gasteiger partial charge is 0.339 e. The van der Waals surface area contributed by atoms with E-state index in [4.69, 9.17) is 4.74 Å². The Hall–Kier alpha value is -1.93. The number of nitrogens with one attached hydrogen (secondary N) is 1. The lowest BCUT2D eigenvalue weighted by molar-refractivity contribution is -0.143. The number of carbonyl (C=O) groups is 2. The molecule has 0 fully saturated rings. The molecule has 1 unspecified atom stereocenters. The monoisotopic (exact) mass is 426 g/mol. The summed E-state index contributed by atoms with van der Waals surface area (Å²) in [6.45, 7) is 16.0. The predicted octanol–water partition coefficient (Wildman–Crippen LogP) is 3.26. The zero-order valence-electron chi connectivity index (χ0n) is 18.9. The number of rotatable bonds is 7. The van der Waals surface area contributed by atoms with Crippen LogP contribution in [0.1, 0.15) is 71.3 Å². The van der Waals surface area contributed by atoms with E-state index in [2.05, 4.69) is 4.72 Å². The molecule has 1 aromatic carbocycles. The summed E-state index contributed by atoms with van der Waals surface area (Å²) in [6, 6.07) is 4.19. The van der Waals surface area contributed by atoms with E-state index in [1.165, 1.54) is 19.1 Å². The third-order valence-corrected chi connectivity index (χ3v) is 5.93. The molecule has 8 heteroatoms. The summed E-state index contributed by atoms with van der Waals surface area (Å²) in [5.41, 5.74) is 0.0127. The van der Waals surface area contributed by atoms with Gasteiger partial charge in [-0.2, -0.15) is 0 Å². The highest BCUT2D eigenvalue weighted by Gasteiger charge is 2.29. The van der Waals surface area contributed by atoms with E-state index >= 15 is 0 Å². The highest BCUT2D eigenvalue weighted by molar-refractivity contribution is 7.89. The van der Waals surface area contributed by atoms with Gasteiger partial charge in [-0.25, -0.2) is 17.9 Å². The van der Waals surface area contributed by atoms with Gasteiger partial charge in [0.1, 0.15) is 0 Å². The molecule has 0 aliphatic heterocycles. The van der Waals surface area contributed by atoms with Crippen molar-refractivity contribution in [1.82, 2.24) is 9.62 Å². The third-order valence-electron chi connectivity index (χ3n) is 4.18. The van der Waals surface area contributed by atoms with Crippen molar-refractivity contribution in [3.63, 3.8) is 0 Å². The quantitative estimate of drug-likeness (QED) is 0.676. The van der Waals surface area contributed by atoms with Gasteiger partial charge in [0.25, 0.3) is 5.91 Å². The number of ether oxygens (including phenoxy) is 1. The normalized spacial score (nSPS) is 13.5. The molecular formula is C21H34N2O5S. The van der Waals surface area contributed by atoms with Crippen LogP contribution in [0.25, 0.3) is 0 Å². The van der Waals surface area contributed by atoms with Gasteiger partial charge >= 0.3 is 5.97 Å². The van der Waals surface area contributed by atoms with Crippen molar-refractivity contribution in [3.05, 3.63) is 29.3 Å². The molecule has 1 atom stereocenters. The number of carbonyl (C=O) groups excluding carboxylic acids is 2. The summed E-state index contributed by atoms with van der Waals surface area (Å²) >= 11 is 0. The first-order chi connectivity index (χ1) is 13.1. The Labute approximate surface area is 174 Å². The van der Waals surface area contributed by atoms with Crippen molar-refractivity contribution in [2.75, 3.05) is 0 Å². The Kier molecular flexibility index (Phi) is 8.01. The average Bonchev–Trinajstić information content (AvgIpc) is 2.51. The largest absolute Gasteiger partial charge is 0.449 e. The van der Waals surface area contributed by atoms with Crippen LogP contribution in [0.4, 0.5) is 0 Å². The number of nitrogens with zero attached hydrogens (tertiary/aromatic N) is 1. The Morgan fingerprint density at radius 3 is 2.00 bits per heavy atom. The molecule has 0 aliphatic rings. The van der Waals surface area contributed by atoms with Crippen molar-refractivity contribution in [2.24, 2.45) is 0 Å². The molecule has 0 spiro atoms. The molecule has 1 N–H and O–H groups in total. The lowest BCUT2D eigenvalue weighted by Crippen LogP contribution is -2.47. The van der Waals surface area contributed by atoms with Gasteiger partial charge in [-0.1, -0.05) is 6.07 Å². The minimum absolute atomic E-state index is 0.0325. The van der Waals surface area contributed by atoms with Crippen LogP contribution in [0.3, 0.4) is 0 Å². The number of aryl methyl sites for hydroxylation is 1. The molecule has 0 bridgehead atoms. The summed E-state index contributed by atoms with van der Waals surface area (Å²) in [4.78, 5) is 27.0. The van der Waals surface area contributed by atoms with Crippen molar-refractivity contribution >= 4 is 21.9 Å². The lowest BCUT2D eigenvalue weighted by atomic mass is 10.1. The zero-order chi connectivity index (χ0) is 22.7. The topological polar surface area (TPSA) is 92.8 Å². The van der Waals surface area contributed by atoms with E-state index in [-0.39, 0.29) is 28.4 Å². The van der Waals surface area contributed by atoms with Crippen molar-refractivity contribution in [2.45, 2.75) is 90.9 Å². The van der Waals surface area contributed by atoms with Gasteiger partial charge in [-0.3, -0.25) is 4.79 Å². The van der Waals surface area contributed by atoms with Crippen LogP contribution < -0.4 is 4.72 Å². The number of benzene rings is 1. The van der Waals surface area contributed by atoms with E-state index in [1.807, 2.05) is 27.7 Å². The number of hydrogen-bond donors (Lipinski definition) is 1. The molecule has 0 radical (unpaired) electrons. The molecule has 1 aromatic rings. The molecule has 0 aliphatic carbocycles. The summed E-state index contributed by atoms with van der Waals surface area (Å²) in [5, 5.41) is 0. The number of hydrogen-bond acceptors (Lipinski definition) is 5. The summed E-state index contributed by atoms with van der Waals surface area (Å²) in [5.74, 6) is -1.03. The maximum Gasteiger partial charge on any atom is 0.339 e. The fourth-order valence-corrected chi connectivity index (χ4v) is 4.48. The predicted molar refractivity (Wildman–Crippen MR) is 113 cm³/mol. The van der Waals surface area contributed by atoms with Gasteiger partial charge in [0.05, 0.1) is 10.5 Å². The maximum atomic E-state index is 12.7. The number of amides is 1. The first-order valence-corrected chi connectivity index (χ1v) is 11.2. The number of sulfonamides is 1. The molecule has 1 amide bonds. The first-order valence-electron chi connectivity index (χ1n) is 9.74. The van der Waals surface area contributed by atoms with Gasteiger partial charge in [0, 0.05) is 17.6 Å². The van der Waals surface area contributed by atoms with E-state index in [0.29, 0.717) is 5.56 Å². The molecule has 29 heavy (non-hydrogen) atoms. The summed E-state index contributed by atoms with van der Waals surface area (Å²) in [7, 11) is -3.80. The molecular weight excluding hydrogens is 392 g/mol. The fraction of sp³-hybridized carbons (Fsp3) is 0.619. The first kappa shape index (κ1) is 25.1. The average molecular weight is 427 g/mol. The molecule has 7 nitrogen and oxygen atoms in total. The van der Waals surface area contributed by atoms with Crippen LogP contribution >= 0.6 is 0 Å². The van der Waals surface area contributed by atoms with Crippen molar-refractivity contribution in [3.8, 4) is 0 Å². The van der Waals surface area contributed by atoms with Crippen molar-refractivity contribution < 1.29 is 22.7 Å². The highest BCUT2D eigenvalue weighted by Crippen LogP contribution is 2.19. The van der Waals surface area contributed by atoms with Gasteiger partial charge in [0.2, 0.25) is 10.0 Å². The SMILES string of the molecule is Cc1ccc(S(=O)(=O)NC(C)(C)C)cc1C(=O)OC(C)C(=O)N(C(C)C)C(C)C. The second kappa shape index (κ2) is 9.26. The molecule has 1 rings (SSSR count). The summed E-state index contributed by atoms with van der Waals surface area (Å²) in [6.07, 6.45) is -0.986. The Morgan fingerprint density at radius 2 is 1.55 bits per heavy atom. The van der Waals surface area contributed by atoms with Gasteiger partial charge < -0.3 is 9.64 Å². The summed E-state index contributed by atoms with van der Waals surface area (Å²) < 4.78 is 33.1. The Morgan fingerprint density at radius 1 is 1.03 bits per heavy atom. The number of esters is 1. The van der Waals surface area contributed by atoms with Gasteiger partial charge in [-0.05, 0) is 80.0 Å². The molecule has 0 heterocycles. The van der Waals surface area contributed by atoms with E-state index in [0.717, 1.165) is 0 Å². The Bertz CT molecular complexity index is 846. The third kappa shape index (κ3) is 6.82. The van der Waals surface area contributed by atoms with Gasteiger partial charge in [0.15, 0.2) is 6.10 Å². The lowest BCUT2D eigenvalue weighted by Gasteiger charge is -2.32. The van der Waals surface area contributed by atoms with Crippen molar-refractivity contribution in [1.29, 1.82) is 0 Å². The standard InChI is InChI=1S/C21H34N2O5S/c1-13(2)23(14(3)4)19(24)16(6)28-20(25)18-12-17(11-10-15(18)5)29(26,27)22-21(7,8)9/h10-14,16,22H,1-9H3.